The Morgan fingerprint density at radius 3 is 2.47 bits per heavy atom. The Hall–Kier alpha value is -0.160. The van der Waals surface area contributed by atoms with Crippen LogP contribution in [-0.4, -0.2) is 62.9 Å². The summed E-state index contributed by atoms with van der Waals surface area (Å²) in [4.78, 5) is 0. The van der Waals surface area contributed by atoms with Gasteiger partial charge in [-0.1, -0.05) is 0 Å². The largest absolute Gasteiger partial charge is 0.367 e. The molecule has 0 spiro atoms. The lowest BCUT2D eigenvalue weighted by molar-refractivity contribution is -0.873. The Balaban J connectivity index is 2.00. The first-order chi connectivity index (χ1) is 6.77. The molecule has 2 aliphatic heterocycles. The second-order valence-electron chi connectivity index (χ2n) is 5.98. The lowest BCUT2D eigenvalue weighted by Crippen LogP contribution is -2.46. The average molecular weight is 216 g/mol. The SMILES string of the molecule is CC1(C)O[C@H]2[C@H](CO[C@@H]2C[N+](C)(C)C)O1. The van der Waals surface area contributed by atoms with Gasteiger partial charge in [-0.25, -0.2) is 0 Å². The fraction of sp³-hybridized carbons (Fsp3) is 1.00. The van der Waals surface area contributed by atoms with Crippen LogP contribution in [0.3, 0.4) is 0 Å². The van der Waals surface area contributed by atoms with Gasteiger partial charge in [-0.2, -0.15) is 0 Å². The van der Waals surface area contributed by atoms with Crippen LogP contribution in [0.25, 0.3) is 0 Å². The Kier molecular flexibility index (Phi) is 2.58. The van der Waals surface area contributed by atoms with Gasteiger partial charge in [-0.15, -0.1) is 0 Å². The maximum Gasteiger partial charge on any atom is 0.164 e. The highest BCUT2D eigenvalue weighted by Crippen LogP contribution is 2.35. The number of rotatable bonds is 2. The first-order valence-corrected chi connectivity index (χ1v) is 5.55. The molecule has 0 bridgehead atoms. The summed E-state index contributed by atoms with van der Waals surface area (Å²) in [6, 6.07) is 0. The zero-order chi connectivity index (χ0) is 11.3. The fourth-order valence-corrected chi connectivity index (χ4v) is 2.32. The number of nitrogens with zero attached hydrogens (tertiary/aromatic N) is 1. The van der Waals surface area contributed by atoms with Crippen molar-refractivity contribution in [2.24, 2.45) is 0 Å². The third kappa shape index (κ3) is 2.50. The van der Waals surface area contributed by atoms with Gasteiger partial charge in [0.2, 0.25) is 0 Å². The predicted molar refractivity (Wildman–Crippen MR) is 56.5 cm³/mol. The van der Waals surface area contributed by atoms with Gasteiger partial charge in [-0.3, -0.25) is 0 Å². The minimum absolute atomic E-state index is 0.109. The first-order valence-electron chi connectivity index (χ1n) is 5.55. The fourth-order valence-electron chi connectivity index (χ4n) is 2.32. The molecule has 0 amide bonds. The third-order valence-corrected chi connectivity index (χ3v) is 2.79. The highest BCUT2D eigenvalue weighted by molar-refractivity contribution is 4.92. The summed E-state index contributed by atoms with van der Waals surface area (Å²) in [5.41, 5.74) is 0. The molecule has 15 heavy (non-hydrogen) atoms. The number of hydrogen-bond donors (Lipinski definition) is 0. The molecule has 0 aromatic carbocycles. The van der Waals surface area contributed by atoms with Gasteiger partial charge >= 0.3 is 0 Å². The molecule has 2 heterocycles. The summed E-state index contributed by atoms with van der Waals surface area (Å²) in [5, 5.41) is 0. The Labute approximate surface area is 91.7 Å². The monoisotopic (exact) mass is 216 g/mol. The number of ether oxygens (including phenoxy) is 3. The van der Waals surface area contributed by atoms with Crippen LogP contribution in [0.2, 0.25) is 0 Å². The van der Waals surface area contributed by atoms with E-state index in [2.05, 4.69) is 21.1 Å². The van der Waals surface area contributed by atoms with Crippen molar-refractivity contribution < 1.29 is 18.7 Å². The Bertz CT molecular complexity index is 247. The summed E-state index contributed by atoms with van der Waals surface area (Å²) < 4.78 is 18.2. The van der Waals surface area contributed by atoms with E-state index in [1.165, 1.54) is 0 Å². The quantitative estimate of drug-likeness (QED) is 0.633. The minimum atomic E-state index is -0.442. The zero-order valence-corrected chi connectivity index (χ0v) is 10.3. The van der Waals surface area contributed by atoms with E-state index >= 15 is 0 Å². The summed E-state index contributed by atoms with van der Waals surface area (Å²) >= 11 is 0. The van der Waals surface area contributed by atoms with Crippen molar-refractivity contribution in [1.29, 1.82) is 0 Å². The molecule has 0 saturated carbocycles. The maximum atomic E-state index is 5.87. The number of hydrogen-bond acceptors (Lipinski definition) is 3. The molecular formula is C11H22NO3+. The molecule has 0 aromatic rings. The first kappa shape index (κ1) is 11.3. The summed E-state index contributed by atoms with van der Waals surface area (Å²) in [7, 11) is 6.49. The molecule has 2 rings (SSSR count). The van der Waals surface area contributed by atoms with Crippen molar-refractivity contribution in [3.05, 3.63) is 0 Å². The van der Waals surface area contributed by atoms with Crippen molar-refractivity contribution in [2.45, 2.75) is 37.9 Å². The van der Waals surface area contributed by atoms with E-state index in [0.29, 0.717) is 6.61 Å². The normalized spacial score (nSPS) is 39.4. The second kappa shape index (κ2) is 3.42. The van der Waals surface area contributed by atoms with Crippen molar-refractivity contribution in [3.63, 3.8) is 0 Å². The molecule has 2 saturated heterocycles. The topological polar surface area (TPSA) is 27.7 Å². The van der Waals surface area contributed by atoms with Gasteiger partial charge in [0.1, 0.15) is 24.9 Å². The average Bonchev–Trinajstić information content (AvgIpc) is 2.45. The molecule has 0 unspecified atom stereocenters. The highest BCUT2D eigenvalue weighted by atomic mass is 16.8. The molecule has 3 atom stereocenters. The van der Waals surface area contributed by atoms with Crippen LogP contribution in [-0.2, 0) is 14.2 Å². The van der Waals surface area contributed by atoms with Crippen molar-refractivity contribution in [2.75, 3.05) is 34.3 Å². The van der Waals surface area contributed by atoms with E-state index in [1.807, 2.05) is 13.8 Å². The molecule has 2 fully saturated rings. The summed E-state index contributed by atoms with van der Waals surface area (Å²) in [6.07, 6.45) is 0.394. The van der Waals surface area contributed by atoms with E-state index in [1.54, 1.807) is 0 Å². The standard InChI is InChI=1S/C11H22NO3/c1-11(2)14-9-7-13-8(10(9)15-11)6-12(3,4)5/h8-10H,6-7H2,1-5H3/q+1/t8-,9+,10-/m1/s1. The highest BCUT2D eigenvalue weighted by Gasteiger charge is 2.51. The lowest BCUT2D eigenvalue weighted by Gasteiger charge is -2.29. The van der Waals surface area contributed by atoms with Crippen LogP contribution in [0.5, 0.6) is 0 Å². The van der Waals surface area contributed by atoms with Gasteiger partial charge < -0.3 is 18.7 Å². The molecular weight excluding hydrogens is 194 g/mol. The van der Waals surface area contributed by atoms with E-state index in [0.717, 1.165) is 11.0 Å². The van der Waals surface area contributed by atoms with E-state index in [-0.39, 0.29) is 18.3 Å². The molecule has 2 aliphatic rings. The van der Waals surface area contributed by atoms with E-state index in [4.69, 9.17) is 14.2 Å². The van der Waals surface area contributed by atoms with Crippen molar-refractivity contribution in [3.8, 4) is 0 Å². The van der Waals surface area contributed by atoms with Crippen LogP contribution < -0.4 is 0 Å². The summed E-state index contributed by atoms with van der Waals surface area (Å²) in [6.45, 7) is 5.56. The van der Waals surface area contributed by atoms with Crippen LogP contribution in [0.4, 0.5) is 0 Å². The molecule has 0 aromatic heterocycles. The lowest BCUT2D eigenvalue weighted by atomic mass is 10.1. The van der Waals surface area contributed by atoms with Gasteiger partial charge in [0.25, 0.3) is 0 Å². The molecule has 4 heteroatoms. The van der Waals surface area contributed by atoms with Gasteiger partial charge in [0.15, 0.2) is 5.79 Å². The van der Waals surface area contributed by atoms with Gasteiger partial charge in [0.05, 0.1) is 27.7 Å². The van der Waals surface area contributed by atoms with E-state index < -0.39 is 5.79 Å². The zero-order valence-electron chi connectivity index (χ0n) is 10.3. The Morgan fingerprint density at radius 1 is 1.20 bits per heavy atom. The predicted octanol–water partition coefficient (Wildman–Crippen LogP) is 0.611. The van der Waals surface area contributed by atoms with Crippen LogP contribution >= 0.6 is 0 Å². The molecule has 0 aliphatic carbocycles. The van der Waals surface area contributed by atoms with Crippen molar-refractivity contribution in [1.82, 2.24) is 0 Å². The third-order valence-electron chi connectivity index (χ3n) is 2.79. The summed E-state index contributed by atoms with van der Waals surface area (Å²) in [5.74, 6) is -0.442. The van der Waals surface area contributed by atoms with Crippen molar-refractivity contribution >= 4 is 0 Å². The second-order valence-corrected chi connectivity index (χ2v) is 5.98. The number of likely N-dealkylation sites (N-methyl/N-ethyl adjacent to an activating group) is 1. The molecule has 4 nitrogen and oxygen atoms in total. The maximum absolute atomic E-state index is 5.87. The molecule has 0 radical (unpaired) electrons. The van der Waals surface area contributed by atoms with Gasteiger partial charge in [0, 0.05) is 0 Å². The number of fused-ring (bicyclic) bond motifs is 1. The van der Waals surface area contributed by atoms with Crippen LogP contribution in [0, 0.1) is 0 Å². The molecule has 0 N–H and O–H groups in total. The smallest absolute Gasteiger partial charge is 0.164 e. The van der Waals surface area contributed by atoms with Crippen LogP contribution in [0.1, 0.15) is 13.8 Å². The van der Waals surface area contributed by atoms with Gasteiger partial charge in [-0.05, 0) is 13.8 Å². The minimum Gasteiger partial charge on any atom is -0.367 e. The number of quaternary nitrogens is 1. The Morgan fingerprint density at radius 2 is 1.87 bits per heavy atom. The van der Waals surface area contributed by atoms with E-state index in [9.17, 15) is 0 Å². The molecule has 88 valence electrons. The van der Waals surface area contributed by atoms with Crippen LogP contribution in [0.15, 0.2) is 0 Å².